The minimum atomic E-state index is -4.35. The molecule has 26 heavy (non-hydrogen) atoms. The zero-order valence-electron chi connectivity index (χ0n) is 14.6. The lowest BCUT2D eigenvalue weighted by Crippen LogP contribution is -2.69. The van der Waals surface area contributed by atoms with Crippen LogP contribution < -0.4 is 11.1 Å². The van der Waals surface area contributed by atoms with Crippen molar-refractivity contribution in [2.24, 2.45) is 22.1 Å². The Morgan fingerprint density at radius 2 is 2.08 bits per heavy atom. The number of halogens is 3. The average Bonchev–Trinajstić information content (AvgIpc) is 3.26. The van der Waals surface area contributed by atoms with Crippen LogP contribution in [0.3, 0.4) is 0 Å². The second kappa shape index (κ2) is 6.44. The predicted molar refractivity (Wildman–Crippen MR) is 92.4 cm³/mol. The lowest BCUT2D eigenvalue weighted by molar-refractivity contribution is -0.137. The van der Waals surface area contributed by atoms with Gasteiger partial charge in [0.15, 0.2) is 5.96 Å². The summed E-state index contributed by atoms with van der Waals surface area (Å²) in [6.07, 6.45) is 1.74. The van der Waals surface area contributed by atoms with E-state index in [9.17, 15) is 13.2 Å². The molecule has 1 aromatic rings. The second-order valence-corrected chi connectivity index (χ2v) is 7.71. The third kappa shape index (κ3) is 2.96. The quantitative estimate of drug-likeness (QED) is 0.635. The maximum atomic E-state index is 12.8. The van der Waals surface area contributed by atoms with Crippen LogP contribution in [0.4, 0.5) is 13.2 Å². The molecule has 4 rings (SSSR count). The van der Waals surface area contributed by atoms with E-state index in [1.54, 1.807) is 6.07 Å². The number of fused-ring (bicyclic) bond motifs is 2. The zero-order chi connectivity index (χ0) is 18.4. The smallest absolute Gasteiger partial charge is 0.377 e. The van der Waals surface area contributed by atoms with Gasteiger partial charge in [0.1, 0.15) is 0 Å². The number of hydrogen-bond donors (Lipinski definition) is 2. The fraction of sp³-hybridized carbons (Fsp3) is 0.632. The number of alkyl halides is 3. The van der Waals surface area contributed by atoms with Crippen LogP contribution in [0.5, 0.6) is 0 Å². The first-order chi connectivity index (χ1) is 12.4. The molecule has 3 aliphatic rings. The molecule has 0 amide bonds. The fourth-order valence-electron chi connectivity index (χ4n) is 5.13. The van der Waals surface area contributed by atoms with Gasteiger partial charge in [-0.1, -0.05) is 25.0 Å². The molecule has 142 valence electrons. The SMILES string of the molecule is NC(=NCc1cccc(C(F)(F)F)c1)NC1C2CCOC2C12CCCC2. The molecule has 2 aliphatic carbocycles. The summed E-state index contributed by atoms with van der Waals surface area (Å²) < 4.78 is 44.4. The van der Waals surface area contributed by atoms with E-state index in [1.165, 1.54) is 18.9 Å². The van der Waals surface area contributed by atoms with Gasteiger partial charge in [-0.3, -0.25) is 0 Å². The molecule has 1 saturated heterocycles. The fourth-order valence-corrected chi connectivity index (χ4v) is 5.13. The third-order valence-electron chi connectivity index (χ3n) is 6.28. The summed E-state index contributed by atoms with van der Waals surface area (Å²) in [7, 11) is 0. The Balaban J connectivity index is 1.43. The van der Waals surface area contributed by atoms with Crippen LogP contribution in [0.25, 0.3) is 0 Å². The molecule has 3 fully saturated rings. The molecule has 7 heteroatoms. The van der Waals surface area contributed by atoms with Crippen LogP contribution in [0.15, 0.2) is 29.3 Å². The number of aliphatic imine (C=N–C) groups is 1. The van der Waals surface area contributed by atoms with Crippen molar-refractivity contribution >= 4 is 5.96 Å². The van der Waals surface area contributed by atoms with Crippen LogP contribution in [0.1, 0.15) is 43.2 Å². The minimum absolute atomic E-state index is 0.132. The van der Waals surface area contributed by atoms with Gasteiger partial charge >= 0.3 is 6.18 Å². The van der Waals surface area contributed by atoms with Crippen molar-refractivity contribution in [2.75, 3.05) is 6.61 Å². The standard InChI is InChI=1S/C19H24F3N3O/c20-19(21,22)13-5-3-4-12(10-13)11-24-17(23)25-15-14-6-9-26-16(14)18(15)7-1-2-8-18/h3-5,10,14-16H,1-2,6-9,11H2,(H3,23,24,25). The molecule has 4 nitrogen and oxygen atoms in total. The maximum absolute atomic E-state index is 12.8. The first-order valence-electron chi connectivity index (χ1n) is 9.24. The van der Waals surface area contributed by atoms with Crippen LogP contribution in [0, 0.1) is 11.3 Å². The molecule has 2 saturated carbocycles. The Labute approximate surface area is 151 Å². The highest BCUT2D eigenvalue weighted by atomic mass is 19.4. The normalized spacial score (nSPS) is 30.3. The first kappa shape index (κ1) is 17.6. The molecule has 3 atom stereocenters. The van der Waals surface area contributed by atoms with Gasteiger partial charge in [-0.05, 0) is 37.0 Å². The molecular formula is C19H24F3N3O. The van der Waals surface area contributed by atoms with Crippen LogP contribution in [0.2, 0.25) is 0 Å². The van der Waals surface area contributed by atoms with E-state index in [4.69, 9.17) is 10.5 Å². The van der Waals surface area contributed by atoms with Crippen molar-refractivity contribution in [2.45, 2.75) is 57.0 Å². The molecule has 3 N–H and O–H groups in total. The van der Waals surface area contributed by atoms with Gasteiger partial charge in [0, 0.05) is 24.0 Å². The van der Waals surface area contributed by atoms with Gasteiger partial charge in [0.2, 0.25) is 0 Å². The van der Waals surface area contributed by atoms with Gasteiger partial charge < -0.3 is 15.8 Å². The Morgan fingerprint density at radius 1 is 1.31 bits per heavy atom. The number of rotatable bonds is 3. The van der Waals surface area contributed by atoms with Crippen molar-refractivity contribution in [3.8, 4) is 0 Å². The number of nitrogens with zero attached hydrogens (tertiary/aromatic N) is 1. The van der Waals surface area contributed by atoms with Gasteiger partial charge in [-0.2, -0.15) is 13.2 Å². The van der Waals surface area contributed by atoms with Crippen LogP contribution in [-0.2, 0) is 17.5 Å². The summed E-state index contributed by atoms with van der Waals surface area (Å²) in [5.41, 5.74) is 6.07. The lowest BCUT2D eigenvalue weighted by atomic mass is 9.54. The number of nitrogens with two attached hydrogens (primary N) is 1. The molecule has 1 aliphatic heterocycles. The lowest BCUT2D eigenvalue weighted by Gasteiger charge is -2.57. The summed E-state index contributed by atoms with van der Waals surface area (Å²) >= 11 is 0. The highest BCUT2D eigenvalue weighted by Crippen LogP contribution is 2.60. The largest absolute Gasteiger partial charge is 0.416 e. The molecular weight excluding hydrogens is 343 g/mol. The number of nitrogens with one attached hydrogen (secondary N) is 1. The summed E-state index contributed by atoms with van der Waals surface area (Å²) in [4.78, 5) is 4.28. The number of benzene rings is 1. The third-order valence-corrected chi connectivity index (χ3v) is 6.28. The van der Waals surface area contributed by atoms with E-state index in [1.807, 2.05) is 0 Å². The molecule has 1 heterocycles. The second-order valence-electron chi connectivity index (χ2n) is 7.71. The molecule has 1 spiro atoms. The van der Waals surface area contributed by atoms with Crippen molar-refractivity contribution in [1.82, 2.24) is 5.32 Å². The molecule has 1 aromatic carbocycles. The van der Waals surface area contributed by atoms with Crippen molar-refractivity contribution in [1.29, 1.82) is 0 Å². The Kier molecular flexibility index (Phi) is 4.37. The monoisotopic (exact) mass is 367 g/mol. The number of ether oxygens (including phenoxy) is 1. The van der Waals surface area contributed by atoms with Gasteiger partial charge in [0.05, 0.1) is 18.2 Å². The minimum Gasteiger partial charge on any atom is -0.377 e. The summed E-state index contributed by atoms with van der Waals surface area (Å²) in [6.45, 7) is 0.934. The number of guanidine groups is 1. The van der Waals surface area contributed by atoms with Crippen molar-refractivity contribution in [3.63, 3.8) is 0 Å². The van der Waals surface area contributed by atoms with E-state index in [-0.39, 0.29) is 18.0 Å². The summed E-state index contributed by atoms with van der Waals surface area (Å²) in [5, 5.41) is 3.36. The highest BCUT2D eigenvalue weighted by molar-refractivity contribution is 5.78. The molecule has 3 unspecified atom stereocenters. The van der Waals surface area contributed by atoms with E-state index in [0.29, 0.717) is 23.5 Å². The predicted octanol–water partition coefficient (Wildman–Crippen LogP) is 3.46. The van der Waals surface area contributed by atoms with Crippen LogP contribution in [-0.4, -0.2) is 24.7 Å². The van der Waals surface area contributed by atoms with Crippen LogP contribution >= 0.6 is 0 Å². The van der Waals surface area contributed by atoms with E-state index in [0.717, 1.165) is 38.0 Å². The average molecular weight is 367 g/mol. The first-order valence-corrected chi connectivity index (χ1v) is 9.24. The van der Waals surface area contributed by atoms with Gasteiger partial charge in [-0.25, -0.2) is 4.99 Å². The summed E-state index contributed by atoms with van der Waals surface area (Å²) in [6, 6.07) is 5.49. The van der Waals surface area contributed by atoms with Crippen molar-refractivity contribution in [3.05, 3.63) is 35.4 Å². The van der Waals surface area contributed by atoms with Gasteiger partial charge in [0.25, 0.3) is 0 Å². The molecule has 0 radical (unpaired) electrons. The van der Waals surface area contributed by atoms with E-state index >= 15 is 0 Å². The maximum Gasteiger partial charge on any atom is 0.416 e. The van der Waals surface area contributed by atoms with Crippen molar-refractivity contribution < 1.29 is 17.9 Å². The van der Waals surface area contributed by atoms with Gasteiger partial charge in [-0.15, -0.1) is 0 Å². The summed E-state index contributed by atoms with van der Waals surface area (Å²) in [5.74, 6) is 0.777. The molecule has 0 aromatic heterocycles. The zero-order valence-corrected chi connectivity index (χ0v) is 14.6. The Morgan fingerprint density at radius 3 is 2.81 bits per heavy atom. The Hall–Kier alpha value is -1.76. The molecule has 0 bridgehead atoms. The van der Waals surface area contributed by atoms with E-state index in [2.05, 4.69) is 10.3 Å². The van der Waals surface area contributed by atoms with E-state index < -0.39 is 11.7 Å². The Bertz CT molecular complexity index is 698. The number of hydrogen-bond acceptors (Lipinski definition) is 2. The topological polar surface area (TPSA) is 59.6 Å². The highest BCUT2D eigenvalue weighted by Gasteiger charge is 2.65.